The number of amides is 2. The van der Waals surface area contributed by atoms with Gasteiger partial charge in [-0.25, -0.2) is 4.79 Å². The zero-order chi connectivity index (χ0) is 12.7. The summed E-state index contributed by atoms with van der Waals surface area (Å²) in [5.41, 5.74) is 0. The van der Waals surface area contributed by atoms with Gasteiger partial charge in [0.15, 0.2) is 0 Å². The molecule has 0 bridgehead atoms. The number of nitrogens with one attached hydrogen (secondary N) is 1. The molecule has 17 heavy (non-hydrogen) atoms. The van der Waals surface area contributed by atoms with Crippen LogP contribution in [-0.2, 0) is 0 Å². The second-order valence-corrected chi connectivity index (χ2v) is 4.79. The normalized spacial score (nSPS) is 20.5. The first-order chi connectivity index (χ1) is 8.17. The SMILES string of the molecule is CCCN1CCC(CNC(=O)N(C)CCO)C1. The number of aliphatic hydroxyl groups is 1. The molecule has 2 N–H and O–H groups in total. The predicted octanol–water partition coefficient (Wildman–Crippen LogP) is 0.352. The van der Waals surface area contributed by atoms with E-state index in [9.17, 15) is 4.79 Å². The summed E-state index contributed by atoms with van der Waals surface area (Å²) in [5, 5.41) is 11.7. The second kappa shape index (κ2) is 7.50. The van der Waals surface area contributed by atoms with E-state index in [0.717, 1.165) is 26.2 Å². The van der Waals surface area contributed by atoms with Gasteiger partial charge in [0.2, 0.25) is 0 Å². The average molecular weight is 243 g/mol. The summed E-state index contributed by atoms with van der Waals surface area (Å²) < 4.78 is 0. The van der Waals surface area contributed by atoms with Crippen molar-refractivity contribution in [3.63, 3.8) is 0 Å². The van der Waals surface area contributed by atoms with Crippen molar-refractivity contribution in [2.45, 2.75) is 19.8 Å². The highest BCUT2D eigenvalue weighted by Crippen LogP contribution is 2.15. The van der Waals surface area contributed by atoms with Gasteiger partial charge in [-0.3, -0.25) is 0 Å². The maximum Gasteiger partial charge on any atom is 0.317 e. The summed E-state index contributed by atoms with van der Waals surface area (Å²) in [4.78, 5) is 15.6. The fourth-order valence-electron chi connectivity index (χ4n) is 2.22. The van der Waals surface area contributed by atoms with Gasteiger partial charge in [0, 0.05) is 26.7 Å². The number of rotatable bonds is 6. The summed E-state index contributed by atoms with van der Waals surface area (Å²) in [6.45, 7) is 6.75. The fraction of sp³-hybridized carbons (Fsp3) is 0.917. The summed E-state index contributed by atoms with van der Waals surface area (Å²) >= 11 is 0. The average Bonchev–Trinajstić information content (AvgIpc) is 2.74. The first-order valence-corrected chi connectivity index (χ1v) is 6.49. The zero-order valence-corrected chi connectivity index (χ0v) is 11.0. The van der Waals surface area contributed by atoms with Crippen LogP contribution in [0.1, 0.15) is 19.8 Å². The second-order valence-electron chi connectivity index (χ2n) is 4.79. The van der Waals surface area contributed by atoms with Gasteiger partial charge in [-0.1, -0.05) is 6.92 Å². The summed E-state index contributed by atoms with van der Waals surface area (Å²) in [6, 6.07) is -0.0898. The van der Waals surface area contributed by atoms with Crippen molar-refractivity contribution in [3.8, 4) is 0 Å². The predicted molar refractivity (Wildman–Crippen MR) is 68.0 cm³/mol. The quantitative estimate of drug-likeness (QED) is 0.708. The molecule has 0 spiro atoms. The first-order valence-electron chi connectivity index (χ1n) is 6.49. The van der Waals surface area contributed by atoms with Crippen LogP contribution in [0.3, 0.4) is 0 Å². The van der Waals surface area contributed by atoms with Crippen LogP contribution >= 0.6 is 0 Å². The Balaban J connectivity index is 2.16. The van der Waals surface area contributed by atoms with Crippen molar-refractivity contribution in [1.29, 1.82) is 0 Å². The van der Waals surface area contributed by atoms with Crippen molar-refractivity contribution in [3.05, 3.63) is 0 Å². The van der Waals surface area contributed by atoms with E-state index in [4.69, 9.17) is 5.11 Å². The molecule has 0 radical (unpaired) electrons. The highest BCUT2D eigenvalue weighted by Gasteiger charge is 2.22. The zero-order valence-electron chi connectivity index (χ0n) is 11.0. The molecular weight excluding hydrogens is 218 g/mol. The Morgan fingerprint density at radius 3 is 3.00 bits per heavy atom. The largest absolute Gasteiger partial charge is 0.395 e. The lowest BCUT2D eigenvalue weighted by molar-refractivity contribution is 0.189. The standard InChI is InChI=1S/C12H25N3O2/c1-3-5-15-6-4-11(10-15)9-13-12(17)14(2)7-8-16/h11,16H,3-10H2,1-2H3,(H,13,17). The molecule has 2 amide bonds. The van der Waals surface area contributed by atoms with Gasteiger partial charge in [-0.15, -0.1) is 0 Å². The van der Waals surface area contributed by atoms with Gasteiger partial charge in [0.05, 0.1) is 6.61 Å². The van der Waals surface area contributed by atoms with E-state index in [-0.39, 0.29) is 12.6 Å². The third kappa shape index (κ3) is 4.91. The third-order valence-corrected chi connectivity index (χ3v) is 3.23. The highest BCUT2D eigenvalue weighted by atomic mass is 16.3. The molecule has 0 aromatic heterocycles. The van der Waals surface area contributed by atoms with Crippen LogP contribution in [0.15, 0.2) is 0 Å². The lowest BCUT2D eigenvalue weighted by atomic mass is 10.1. The van der Waals surface area contributed by atoms with Crippen LogP contribution in [0.5, 0.6) is 0 Å². The molecule has 1 aliphatic heterocycles. The number of carbonyl (C=O) groups is 1. The van der Waals surface area contributed by atoms with E-state index in [1.165, 1.54) is 17.7 Å². The minimum Gasteiger partial charge on any atom is -0.395 e. The van der Waals surface area contributed by atoms with Crippen LogP contribution < -0.4 is 5.32 Å². The molecule has 1 rings (SSSR count). The molecule has 0 aromatic carbocycles. The van der Waals surface area contributed by atoms with Gasteiger partial charge in [0.1, 0.15) is 0 Å². The van der Waals surface area contributed by atoms with Crippen molar-refractivity contribution >= 4 is 6.03 Å². The van der Waals surface area contributed by atoms with Crippen LogP contribution in [-0.4, -0.2) is 67.3 Å². The fourth-order valence-corrected chi connectivity index (χ4v) is 2.22. The highest BCUT2D eigenvalue weighted by molar-refractivity contribution is 5.73. The van der Waals surface area contributed by atoms with Gasteiger partial charge in [-0.2, -0.15) is 0 Å². The van der Waals surface area contributed by atoms with E-state index >= 15 is 0 Å². The van der Waals surface area contributed by atoms with Gasteiger partial charge >= 0.3 is 6.03 Å². The van der Waals surface area contributed by atoms with E-state index in [1.807, 2.05) is 0 Å². The maximum absolute atomic E-state index is 11.6. The molecule has 0 saturated carbocycles. The third-order valence-electron chi connectivity index (χ3n) is 3.23. The molecule has 5 nitrogen and oxygen atoms in total. The summed E-state index contributed by atoms with van der Waals surface area (Å²) in [5.74, 6) is 0.577. The Bertz CT molecular complexity index is 236. The minimum atomic E-state index is -0.0898. The lowest BCUT2D eigenvalue weighted by Crippen LogP contribution is -2.41. The number of hydrogen-bond donors (Lipinski definition) is 2. The Kier molecular flexibility index (Phi) is 6.29. The van der Waals surface area contributed by atoms with E-state index in [1.54, 1.807) is 7.05 Å². The van der Waals surface area contributed by atoms with Crippen LogP contribution in [0.2, 0.25) is 0 Å². The molecule has 1 saturated heterocycles. The Morgan fingerprint density at radius 1 is 1.59 bits per heavy atom. The molecule has 1 atom stereocenters. The number of aliphatic hydroxyl groups excluding tert-OH is 1. The van der Waals surface area contributed by atoms with Gasteiger partial charge in [-0.05, 0) is 31.8 Å². The number of hydrogen-bond acceptors (Lipinski definition) is 3. The number of urea groups is 1. The van der Waals surface area contributed by atoms with Crippen molar-refractivity contribution in [2.24, 2.45) is 5.92 Å². The monoisotopic (exact) mass is 243 g/mol. The van der Waals surface area contributed by atoms with Crippen molar-refractivity contribution < 1.29 is 9.90 Å². The summed E-state index contributed by atoms with van der Waals surface area (Å²) in [7, 11) is 1.70. The van der Waals surface area contributed by atoms with Crippen LogP contribution in [0.4, 0.5) is 4.79 Å². The van der Waals surface area contributed by atoms with Crippen LogP contribution in [0.25, 0.3) is 0 Å². The molecule has 5 heteroatoms. The number of nitrogens with zero attached hydrogens (tertiary/aromatic N) is 2. The molecule has 1 unspecified atom stereocenters. The topological polar surface area (TPSA) is 55.8 Å². The smallest absolute Gasteiger partial charge is 0.317 e. The minimum absolute atomic E-state index is 0.0115. The molecule has 1 heterocycles. The molecule has 0 aromatic rings. The number of likely N-dealkylation sites (tertiary alicyclic amines) is 1. The Labute approximate surface area is 104 Å². The van der Waals surface area contributed by atoms with E-state index in [0.29, 0.717) is 12.5 Å². The first kappa shape index (κ1) is 14.3. The molecule has 1 fully saturated rings. The van der Waals surface area contributed by atoms with E-state index < -0.39 is 0 Å². The Hall–Kier alpha value is -0.810. The number of carbonyl (C=O) groups excluding carboxylic acids is 1. The maximum atomic E-state index is 11.6. The lowest BCUT2D eigenvalue weighted by Gasteiger charge is -2.19. The van der Waals surface area contributed by atoms with Crippen molar-refractivity contribution in [1.82, 2.24) is 15.1 Å². The van der Waals surface area contributed by atoms with Crippen LogP contribution in [0, 0.1) is 5.92 Å². The molecule has 100 valence electrons. The van der Waals surface area contributed by atoms with Gasteiger partial charge < -0.3 is 20.2 Å². The summed E-state index contributed by atoms with van der Waals surface area (Å²) in [6.07, 6.45) is 2.36. The molecular formula is C12H25N3O2. The van der Waals surface area contributed by atoms with E-state index in [2.05, 4.69) is 17.1 Å². The van der Waals surface area contributed by atoms with Gasteiger partial charge in [0.25, 0.3) is 0 Å². The molecule has 1 aliphatic rings. The Morgan fingerprint density at radius 2 is 2.35 bits per heavy atom. The number of likely N-dealkylation sites (N-methyl/N-ethyl adjacent to an activating group) is 1. The van der Waals surface area contributed by atoms with Crippen molar-refractivity contribution in [2.75, 3.05) is 46.4 Å². The molecule has 0 aliphatic carbocycles.